The molecule has 0 aliphatic rings. The van der Waals surface area contributed by atoms with Crippen molar-refractivity contribution in [2.24, 2.45) is 0 Å². The summed E-state index contributed by atoms with van der Waals surface area (Å²) in [7, 11) is 0. The van der Waals surface area contributed by atoms with Gasteiger partial charge in [-0.3, -0.25) is 0 Å². The second kappa shape index (κ2) is 6.91. The molecule has 0 aliphatic carbocycles. The quantitative estimate of drug-likeness (QED) is 0.727. The highest BCUT2D eigenvalue weighted by atomic mass is 32.2. The summed E-state index contributed by atoms with van der Waals surface area (Å²) in [5.41, 5.74) is 0. The van der Waals surface area contributed by atoms with Gasteiger partial charge in [-0.1, -0.05) is 31.5 Å². The summed E-state index contributed by atoms with van der Waals surface area (Å²) in [5.74, 6) is 1.01. The Kier molecular flexibility index (Phi) is 5.72. The van der Waals surface area contributed by atoms with Crippen molar-refractivity contribution in [3.63, 3.8) is 0 Å². The van der Waals surface area contributed by atoms with Crippen LogP contribution in [0.25, 0.3) is 0 Å². The molecule has 0 spiro atoms. The van der Waals surface area contributed by atoms with Gasteiger partial charge >= 0.3 is 0 Å². The van der Waals surface area contributed by atoms with E-state index in [1.54, 1.807) is 0 Å². The van der Waals surface area contributed by atoms with E-state index in [0.717, 1.165) is 25.0 Å². The summed E-state index contributed by atoms with van der Waals surface area (Å²) in [6.45, 7) is 2.10. The molecule has 0 fully saturated rings. The normalized spacial score (nSPS) is 12.7. The number of rotatable bonds is 6. The largest absolute Gasteiger partial charge is 0.393 e. The summed E-state index contributed by atoms with van der Waals surface area (Å²) < 4.78 is 0. The Bertz CT molecular complexity index is 235. The molecule has 14 heavy (non-hydrogen) atoms. The van der Waals surface area contributed by atoms with Gasteiger partial charge in [0.05, 0.1) is 6.10 Å². The van der Waals surface area contributed by atoms with Crippen molar-refractivity contribution in [3.8, 4) is 0 Å². The highest BCUT2D eigenvalue weighted by Crippen LogP contribution is 2.19. The Morgan fingerprint density at radius 3 is 2.57 bits per heavy atom. The fourth-order valence-electron chi connectivity index (χ4n) is 1.31. The lowest BCUT2D eigenvalue weighted by molar-refractivity contribution is 0.160. The molecule has 1 atom stereocenters. The van der Waals surface area contributed by atoms with E-state index in [2.05, 4.69) is 19.1 Å². The molecular formula is C12H18OS. The molecule has 0 aliphatic heterocycles. The Morgan fingerprint density at radius 1 is 1.21 bits per heavy atom. The fourth-order valence-corrected chi connectivity index (χ4v) is 2.28. The Hall–Kier alpha value is -0.470. The molecule has 78 valence electrons. The lowest BCUT2D eigenvalue weighted by Gasteiger charge is -2.08. The number of hydrogen-bond acceptors (Lipinski definition) is 2. The van der Waals surface area contributed by atoms with Gasteiger partial charge in [0.1, 0.15) is 0 Å². The van der Waals surface area contributed by atoms with Crippen LogP contribution in [0.3, 0.4) is 0 Å². The van der Waals surface area contributed by atoms with Gasteiger partial charge in [-0.25, -0.2) is 0 Å². The maximum absolute atomic E-state index is 9.51. The minimum Gasteiger partial charge on any atom is -0.393 e. The summed E-state index contributed by atoms with van der Waals surface area (Å²) in [6.07, 6.45) is 2.77. The first-order chi connectivity index (χ1) is 6.83. The first kappa shape index (κ1) is 11.6. The summed E-state index contributed by atoms with van der Waals surface area (Å²) >= 11 is 1.81. The summed E-state index contributed by atoms with van der Waals surface area (Å²) in [6, 6.07) is 10.3. The van der Waals surface area contributed by atoms with E-state index in [1.165, 1.54) is 4.90 Å². The van der Waals surface area contributed by atoms with Crippen molar-refractivity contribution in [2.45, 2.75) is 37.2 Å². The molecule has 0 bridgehead atoms. The number of aliphatic hydroxyl groups excluding tert-OH is 1. The van der Waals surface area contributed by atoms with E-state index in [1.807, 2.05) is 30.0 Å². The molecule has 1 aromatic carbocycles. The van der Waals surface area contributed by atoms with Crippen LogP contribution in [-0.2, 0) is 0 Å². The zero-order valence-corrected chi connectivity index (χ0v) is 9.46. The van der Waals surface area contributed by atoms with Gasteiger partial charge in [-0.15, -0.1) is 11.8 Å². The van der Waals surface area contributed by atoms with E-state index < -0.39 is 0 Å². The van der Waals surface area contributed by atoms with Crippen LogP contribution in [0.15, 0.2) is 35.2 Å². The lowest BCUT2D eigenvalue weighted by Crippen LogP contribution is -2.06. The monoisotopic (exact) mass is 210 g/mol. The van der Waals surface area contributed by atoms with Crippen LogP contribution in [0, 0.1) is 0 Å². The molecule has 0 radical (unpaired) electrons. The molecule has 1 rings (SSSR count). The SMILES string of the molecule is CCCC(O)CCSc1ccccc1. The number of hydrogen-bond donors (Lipinski definition) is 1. The van der Waals surface area contributed by atoms with Crippen molar-refractivity contribution < 1.29 is 5.11 Å². The smallest absolute Gasteiger partial charge is 0.0548 e. The third-order valence-electron chi connectivity index (χ3n) is 2.08. The zero-order valence-electron chi connectivity index (χ0n) is 8.65. The number of thioether (sulfide) groups is 1. The average molecular weight is 210 g/mol. The third-order valence-corrected chi connectivity index (χ3v) is 3.13. The molecule has 0 saturated heterocycles. The minimum atomic E-state index is -0.115. The molecule has 1 nitrogen and oxygen atoms in total. The van der Waals surface area contributed by atoms with E-state index in [4.69, 9.17) is 0 Å². The van der Waals surface area contributed by atoms with Crippen molar-refractivity contribution in [2.75, 3.05) is 5.75 Å². The first-order valence-electron chi connectivity index (χ1n) is 5.19. The molecule has 1 aromatic rings. The highest BCUT2D eigenvalue weighted by Gasteiger charge is 2.02. The Morgan fingerprint density at radius 2 is 1.93 bits per heavy atom. The Labute approximate surface area is 90.5 Å². The molecule has 0 heterocycles. The Balaban J connectivity index is 2.16. The van der Waals surface area contributed by atoms with Crippen molar-refractivity contribution in [3.05, 3.63) is 30.3 Å². The van der Waals surface area contributed by atoms with Crippen LogP contribution in [0.5, 0.6) is 0 Å². The van der Waals surface area contributed by atoms with Crippen LogP contribution in [0.4, 0.5) is 0 Å². The molecule has 0 amide bonds. The average Bonchev–Trinajstić information content (AvgIpc) is 2.20. The molecule has 2 heteroatoms. The second-order valence-electron chi connectivity index (χ2n) is 3.39. The summed E-state index contributed by atoms with van der Waals surface area (Å²) in [4.78, 5) is 1.29. The second-order valence-corrected chi connectivity index (χ2v) is 4.56. The van der Waals surface area contributed by atoms with Gasteiger partial charge in [0.15, 0.2) is 0 Å². The number of benzene rings is 1. The van der Waals surface area contributed by atoms with Crippen molar-refractivity contribution in [1.82, 2.24) is 0 Å². The predicted octanol–water partition coefficient (Wildman–Crippen LogP) is 3.33. The molecule has 0 aromatic heterocycles. The maximum Gasteiger partial charge on any atom is 0.0548 e. The van der Waals surface area contributed by atoms with E-state index in [0.29, 0.717) is 0 Å². The molecule has 1 N–H and O–H groups in total. The third kappa shape index (κ3) is 4.68. The van der Waals surface area contributed by atoms with Crippen LogP contribution >= 0.6 is 11.8 Å². The van der Waals surface area contributed by atoms with E-state index in [9.17, 15) is 5.11 Å². The lowest BCUT2D eigenvalue weighted by atomic mass is 10.2. The molecule has 1 unspecified atom stereocenters. The fraction of sp³-hybridized carbons (Fsp3) is 0.500. The van der Waals surface area contributed by atoms with Gasteiger partial charge in [-0.2, -0.15) is 0 Å². The van der Waals surface area contributed by atoms with Gasteiger partial charge in [-0.05, 0) is 25.0 Å². The van der Waals surface area contributed by atoms with Gasteiger partial charge < -0.3 is 5.11 Å². The molecule has 0 saturated carbocycles. The van der Waals surface area contributed by atoms with Gasteiger partial charge in [0.2, 0.25) is 0 Å². The van der Waals surface area contributed by atoms with E-state index in [-0.39, 0.29) is 6.10 Å². The summed E-state index contributed by atoms with van der Waals surface area (Å²) in [5, 5.41) is 9.51. The van der Waals surface area contributed by atoms with Gasteiger partial charge in [0, 0.05) is 10.6 Å². The first-order valence-corrected chi connectivity index (χ1v) is 6.17. The molecular weight excluding hydrogens is 192 g/mol. The van der Waals surface area contributed by atoms with Gasteiger partial charge in [0.25, 0.3) is 0 Å². The number of aliphatic hydroxyl groups is 1. The zero-order chi connectivity index (χ0) is 10.2. The van der Waals surface area contributed by atoms with Crippen LogP contribution in [0.2, 0.25) is 0 Å². The van der Waals surface area contributed by atoms with Crippen LogP contribution in [0.1, 0.15) is 26.2 Å². The maximum atomic E-state index is 9.51. The van der Waals surface area contributed by atoms with Crippen molar-refractivity contribution >= 4 is 11.8 Å². The standard InChI is InChI=1S/C12H18OS/c1-2-6-11(13)9-10-14-12-7-4-3-5-8-12/h3-5,7-8,11,13H,2,6,9-10H2,1H3. The van der Waals surface area contributed by atoms with Crippen LogP contribution in [-0.4, -0.2) is 17.0 Å². The predicted molar refractivity (Wildman–Crippen MR) is 62.7 cm³/mol. The topological polar surface area (TPSA) is 20.2 Å². The minimum absolute atomic E-state index is 0.115. The highest BCUT2D eigenvalue weighted by molar-refractivity contribution is 7.99. The van der Waals surface area contributed by atoms with Crippen molar-refractivity contribution in [1.29, 1.82) is 0 Å². The van der Waals surface area contributed by atoms with E-state index >= 15 is 0 Å². The van der Waals surface area contributed by atoms with Crippen LogP contribution < -0.4 is 0 Å².